The maximum atomic E-state index is 5.52. The Hall–Kier alpha value is -0.760. The third kappa shape index (κ3) is 5.36. The van der Waals surface area contributed by atoms with Crippen molar-refractivity contribution in [2.75, 3.05) is 52.2 Å². The van der Waals surface area contributed by atoms with Crippen molar-refractivity contribution in [3.63, 3.8) is 0 Å². The molecule has 2 N–H and O–H groups in total. The van der Waals surface area contributed by atoms with Crippen molar-refractivity contribution in [1.29, 1.82) is 0 Å². The number of morpholine rings is 1. The first-order valence-electron chi connectivity index (χ1n) is 9.14. The van der Waals surface area contributed by atoms with Gasteiger partial charge < -0.3 is 15.4 Å². The van der Waals surface area contributed by atoms with E-state index in [1.54, 1.807) is 0 Å². The van der Waals surface area contributed by atoms with Crippen LogP contribution in [0.15, 0.2) is 22.5 Å². The summed E-state index contributed by atoms with van der Waals surface area (Å²) in [5.74, 6) is 2.19. The highest BCUT2D eigenvalue weighted by Crippen LogP contribution is 2.36. The normalized spacial score (nSPS) is 26.6. The van der Waals surface area contributed by atoms with E-state index in [4.69, 9.17) is 4.74 Å². The van der Waals surface area contributed by atoms with Crippen LogP contribution in [-0.4, -0.2) is 67.8 Å². The fourth-order valence-corrected chi connectivity index (χ4v) is 5.55. The quantitative estimate of drug-likeness (QED) is 0.585. The molecule has 25 heavy (non-hydrogen) atoms. The van der Waals surface area contributed by atoms with Gasteiger partial charge in [0.05, 0.1) is 19.3 Å². The monoisotopic (exact) mass is 382 g/mol. The van der Waals surface area contributed by atoms with Gasteiger partial charge in [0.25, 0.3) is 0 Å². The molecule has 2 fully saturated rings. The Kier molecular flexibility index (Phi) is 7.04. The van der Waals surface area contributed by atoms with E-state index < -0.39 is 0 Å². The Labute approximate surface area is 159 Å². The predicted octanol–water partition coefficient (Wildman–Crippen LogP) is 2.57. The molecule has 0 spiro atoms. The van der Waals surface area contributed by atoms with E-state index in [1.165, 1.54) is 23.5 Å². The number of ether oxygens (including phenoxy) is 1. The fourth-order valence-electron chi connectivity index (χ4n) is 3.44. The summed E-state index contributed by atoms with van der Waals surface area (Å²) < 4.78 is 5.87. The van der Waals surface area contributed by atoms with E-state index in [9.17, 15) is 0 Å². The van der Waals surface area contributed by atoms with E-state index in [0.29, 0.717) is 10.8 Å². The summed E-state index contributed by atoms with van der Waals surface area (Å²) in [5, 5.41) is 9.24. The lowest BCUT2D eigenvalue weighted by Crippen LogP contribution is -2.48. The van der Waals surface area contributed by atoms with Crippen molar-refractivity contribution in [3.8, 4) is 0 Å². The molecule has 1 aromatic heterocycles. The summed E-state index contributed by atoms with van der Waals surface area (Å²) in [6.45, 7) is 7.82. The van der Waals surface area contributed by atoms with Gasteiger partial charge in [0, 0.05) is 42.9 Å². The fraction of sp³-hybridized carbons (Fsp3) is 0.722. The first kappa shape index (κ1) is 19.0. The molecular formula is C18H30N4OS2. The number of thiophene rings is 1. The third-order valence-corrected chi connectivity index (χ3v) is 7.49. The van der Waals surface area contributed by atoms with Gasteiger partial charge in [-0.3, -0.25) is 9.89 Å². The highest BCUT2D eigenvalue weighted by Gasteiger charge is 2.29. The maximum absolute atomic E-state index is 5.52. The summed E-state index contributed by atoms with van der Waals surface area (Å²) in [5.41, 5.74) is 0. The Bertz CT molecular complexity index is 537. The second-order valence-electron chi connectivity index (χ2n) is 6.89. The molecule has 2 aliphatic heterocycles. The Morgan fingerprint density at radius 1 is 1.40 bits per heavy atom. The number of guanidine groups is 1. The molecule has 5 nitrogen and oxygen atoms in total. The first-order valence-corrected chi connectivity index (χ1v) is 11.0. The molecule has 7 heteroatoms. The molecule has 1 aromatic rings. The van der Waals surface area contributed by atoms with Crippen LogP contribution < -0.4 is 10.6 Å². The van der Waals surface area contributed by atoms with Gasteiger partial charge in [-0.05, 0) is 37.0 Å². The van der Waals surface area contributed by atoms with Gasteiger partial charge in [-0.25, -0.2) is 0 Å². The van der Waals surface area contributed by atoms with Crippen molar-refractivity contribution in [3.05, 3.63) is 22.4 Å². The Balaban J connectivity index is 1.55. The summed E-state index contributed by atoms with van der Waals surface area (Å²) >= 11 is 3.91. The molecule has 3 rings (SSSR count). The van der Waals surface area contributed by atoms with Gasteiger partial charge in [0.2, 0.25) is 0 Å². The van der Waals surface area contributed by atoms with Crippen molar-refractivity contribution in [1.82, 2.24) is 15.5 Å². The number of rotatable bonds is 6. The summed E-state index contributed by atoms with van der Waals surface area (Å²) in [4.78, 5) is 8.35. The van der Waals surface area contributed by atoms with Gasteiger partial charge in [0.1, 0.15) is 0 Å². The third-order valence-electron chi connectivity index (χ3n) is 4.97. The molecule has 0 saturated carbocycles. The lowest BCUT2D eigenvalue weighted by Gasteiger charge is -2.34. The van der Waals surface area contributed by atoms with E-state index >= 15 is 0 Å². The maximum Gasteiger partial charge on any atom is 0.191 e. The SMILES string of the molecule is CN=C(NCC(c1cccs1)N1CCOCC1)NCC1(C)CCCS1. The molecule has 0 aromatic carbocycles. The Morgan fingerprint density at radius 2 is 2.24 bits per heavy atom. The average Bonchev–Trinajstić information content (AvgIpc) is 3.31. The van der Waals surface area contributed by atoms with Crippen LogP contribution >= 0.6 is 23.1 Å². The van der Waals surface area contributed by atoms with Gasteiger partial charge >= 0.3 is 0 Å². The number of thioether (sulfide) groups is 1. The lowest BCUT2D eigenvalue weighted by molar-refractivity contribution is 0.0177. The van der Waals surface area contributed by atoms with Crippen LogP contribution in [0.3, 0.4) is 0 Å². The van der Waals surface area contributed by atoms with Crippen LogP contribution in [0, 0.1) is 0 Å². The van der Waals surface area contributed by atoms with Crippen molar-refractivity contribution < 1.29 is 4.74 Å². The van der Waals surface area contributed by atoms with Crippen LogP contribution in [0.1, 0.15) is 30.7 Å². The van der Waals surface area contributed by atoms with Crippen LogP contribution in [0.2, 0.25) is 0 Å². The molecule has 0 aliphatic carbocycles. The lowest BCUT2D eigenvalue weighted by atomic mass is 10.1. The molecule has 0 amide bonds. The van der Waals surface area contributed by atoms with E-state index in [0.717, 1.165) is 45.4 Å². The summed E-state index contributed by atoms with van der Waals surface area (Å²) in [6.07, 6.45) is 2.61. The van der Waals surface area contributed by atoms with E-state index in [-0.39, 0.29) is 0 Å². The van der Waals surface area contributed by atoms with Gasteiger partial charge in [0.15, 0.2) is 5.96 Å². The standard InChI is InChI=1S/C18H30N4OS2/c1-18(6-4-12-25-18)14-21-17(19-2)20-13-15(16-5-3-11-24-16)22-7-9-23-10-8-22/h3,5,11,15H,4,6-10,12-14H2,1-2H3,(H2,19,20,21). The summed E-state index contributed by atoms with van der Waals surface area (Å²) in [6, 6.07) is 4.75. The van der Waals surface area contributed by atoms with Crippen molar-refractivity contribution in [2.24, 2.45) is 4.99 Å². The minimum atomic E-state index is 0.342. The molecule has 2 aliphatic rings. The molecular weight excluding hydrogens is 352 g/mol. The summed E-state index contributed by atoms with van der Waals surface area (Å²) in [7, 11) is 1.86. The van der Waals surface area contributed by atoms with E-state index in [2.05, 4.69) is 56.7 Å². The smallest absolute Gasteiger partial charge is 0.191 e. The van der Waals surface area contributed by atoms with Crippen LogP contribution in [0.25, 0.3) is 0 Å². The molecule has 0 radical (unpaired) electrons. The van der Waals surface area contributed by atoms with Crippen LogP contribution in [0.5, 0.6) is 0 Å². The van der Waals surface area contributed by atoms with Gasteiger partial charge in [-0.1, -0.05) is 6.07 Å². The number of hydrogen-bond donors (Lipinski definition) is 2. The zero-order chi connectivity index (χ0) is 17.5. The molecule has 2 unspecified atom stereocenters. The van der Waals surface area contributed by atoms with Crippen LogP contribution in [-0.2, 0) is 4.74 Å². The molecule has 3 heterocycles. The molecule has 0 bridgehead atoms. The second-order valence-corrected chi connectivity index (χ2v) is 9.55. The largest absolute Gasteiger partial charge is 0.379 e. The second kappa shape index (κ2) is 9.26. The minimum absolute atomic E-state index is 0.342. The highest BCUT2D eigenvalue weighted by atomic mass is 32.2. The minimum Gasteiger partial charge on any atom is -0.379 e. The zero-order valence-corrected chi connectivity index (χ0v) is 16.9. The molecule has 140 valence electrons. The van der Waals surface area contributed by atoms with Gasteiger partial charge in [-0.15, -0.1) is 11.3 Å². The number of nitrogens with zero attached hydrogens (tertiary/aromatic N) is 2. The van der Waals surface area contributed by atoms with E-state index in [1.807, 2.05) is 18.4 Å². The Morgan fingerprint density at radius 3 is 2.88 bits per heavy atom. The van der Waals surface area contributed by atoms with Crippen molar-refractivity contribution >= 4 is 29.1 Å². The number of aliphatic imine (C=N–C) groups is 1. The van der Waals surface area contributed by atoms with Gasteiger partial charge in [-0.2, -0.15) is 11.8 Å². The topological polar surface area (TPSA) is 48.9 Å². The predicted molar refractivity (Wildman–Crippen MR) is 109 cm³/mol. The first-order chi connectivity index (χ1) is 12.2. The molecule has 2 atom stereocenters. The number of nitrogens with one attached hydrogen (secondary N) is 2. The zero-order valence-electron chi connectivity index (χ0n) is 15.3. The highest BCUT2D eigenvalue weighted by molar-refractivity contribution is 8.00. The average molecular weight is 383 g/mol. The molecule has 2 saturated heterocycles. The van der Waals surface area contributed by atoms with Crippen molar-refractivity contribution in [2.45, 2.75) is 30.6 Å². The van der Waals surface area contributed by atoms with Crippen LogP contribution in [0.4, 0.5) is 0 Å². The number of hydrogen-bond acceptors (Lipinski definition) is 5.